The Balaban J connectivity index is 2.13. The number of hydrogen-bond acceptors (Lipinski definition) is 3. The third-order valence-electron chi connectivity index (χ3n) is 4.03. The molecule has 0 heterocycles. The predicted octanol–water partition coefficient (Wildman–Crippen LogP) is 4.55. The molecule has 0 saturated heterocycles. The third kappa shape index (κ3) is 4.88. The molecular formula is C20H22F2N2O2. The molecule has 0 spiro atoms. The van der Waals surface area contributed by atoms with Crippen LogP contribution in [-0.4, -0.2) is 30.8 Å². The molecule has 0 fully saturated rings. The van der Waals surface area contributed by atoms with E-state index in [-0.39, 0.29) is 12.2 Å². The van der Waals surface area contributed by atoms with Crippen molar-refractivity contribution >= 4 is 18.0 Å². The predicted molar refractivity (Wildman–Crippen MR) is 97.8 cm³/mol. The van der Waals surface area contributed by atoms with Crippen LogP contribution in [0.15, 0.2) is 35.3 Å². The molecule has 0 aliphatic rings. The van der Waals surface area contributed by atoms with Gasteiger partial charge in [-0.2, -0.15) is 0 Å². The SMILES string of the molecule is CCN(C)C=Nc1cc(C)c(C(=O)OCc2ccc(F)cc2F)cc1C. The largest absolute Gasteiger partial charge is 0.457 e. The maximum Gasteiger partial charge on any atom is 0.338 e. The average Bonchev–Trinajstić information content (AvgIpc) is 2.60. The number of halogens is 2. The van der Waals surface area contributed by atoms with Gasteiger partial charge in [-0.1, -0.05) is 0 Å². The highest BCUT2D eigenvalue weighted by molar-refractivity contribution is 5.92. The van der Waals surface area contributed by atoms with Gasteiger partial charge in [0.15, 0.2) is 0 Å². The van der Waals surface area contributed by atoms with E-state index in [2.05, 4.69) is 4.99 Å². The van der Waals surface area contributed by atoms with E-state index < -0.39 is 17.6 Å². The minimum absolute atomic E-state index is 0.123. The monoisotopic (exact) mass is 360 g/mol. The van der Waals surface area contributed by atoms with Crippen molar-refractivity contribution in [1.29, 1.82) is 0 Å². The molecule has 0 aliphatic heterocycles. The molecule has 0 radical (unpaired) electrons. The van der Waals surface area contributed by atoms with E-state index in [4.69, 9.17) is 4.74 Å². The summed E-state index contributed by atoms with van der Waals surface area (Å²) in [4.78, 5) is 18.7. The quantitative estimate of drug-likeness (QED) is 0.431. The average molecular weight is 360 g/mol. The van der Waals surface area contributed by atoms with Gasteiger partial charge < -0.3 is 9.64 Å². The summed E-state index contributed by atoms with van der Waals surface area (Å²) in [7, 11) is 1.92. The molecule has 0 unspecified atom stereocenters. The Labute approximate surface area is 152 Å². The number of aliphatic imine (C=N–C) groups is 1. The summed E-state index contributed by atoms with van der Waals surface area (Å²) < 4.78 is 31.7. The van der Waals surface area contributed by atoms with Crippen molar-refractivity contribution in [2.24, 2.45) is 4.99 Å². The highest BCUT2D eigenvalue weighted by Crippen LogP contribution is 2.24. The molecule has 0 bridgehead atoms. The first-order chi connectivity index (χ1) is 12.3. The van der Waals surface area contributed by atoms with Crippen molar-refractivity contribution < 1.29 is 18.3 Å². The molecule has 0 atom stereocenters. The van der Waals surface area contributed by atoms with Gasteiger partial charge in [0.1, 0.15) is 18.2 Å². The van der Waals surface area contributed by atoms with Crippen LogP contribution in [0.5, 0.6) is 0 Å². The number of hydrogen-bond donors (Lipinski definition) is 0. The first kappa shape index (κ1) is 19.6. The highest BCUT2D eigenvalue weighted by Gasteiger charge is 2.14. The summed E-state index contributed by atoms with van der Waals surface area (Å²) in [6, 6.07) is 6.67. The van der Waals surface area contributed by atoms with E-state index in [1.807, 2.05) is 31.9 Å². The Bertz CT molecular complexity index is 835. The van der Waals surface area contributed by atoms with Crippen LogP contribution in [-0.2, 0) is 11.3 Å². The lowest BCUT2D eigenvalue weighted by Gasteiger charge is -2.12. The molecule has 2 rings (SSSR count). The highest BCUT2D eigenvalue weighted by atomic mass is 19.1. The van der Waals surface area contributed by atoms with E-state index in [0.29, 0.717) is 11.1 Å². The molecule has 2 aromatic rings. The third-order valence-corrected chi connectivity index (χ3v) is 4.03. The fourth-order valence-electron chi connectivity index (χ4n) is 2.26. The van der Waals surface area contributed by atoms with E-state index >= 15 is 0 Å². The molecule has 2 aromatic carbocycles. The maximum absolute atomic E-state index is 13.6. The molecule has 0 amide bonds. The van der Waals surface area contributed by atoms with Crippen molar-refractivity contribution in [3.63, 3.8) is 0 Å². The van der Waals surface area contributed by atoms with Crippen LogP contribution in [0.3, 0.4) is 0 Å². The first-order valence-electron chi connectivity index (χ1n) is 8.28. The lowest BCUT2D eigenvalue weighted by molar-refractivity contribution is 0.0468. The fourth-order valence-corrected chi connectivity index (χ4v) is 2.26. The van der Waals surface area contributed by atoms with E-state index in [9.17, 15) is 13.6 Å². The van der Waals surface area contributed by atoms with Gasteiger partial charge in [-0.15, -0.1) is 0 Å². The van der Waals surface area contributed by atoms with E-state index in [1.165, 1.54) is 6.07 Å². The fraction of sp³-hybridized carbons (Fsp3) is 0.300. The molecule has 4 nitrogen and oxygen atoms in total. The van der Waals surface area contributed by atoms with Crippen molar-refractivity contribution in [2.75, 3.05) is 13.6 Å². The number of carbonyl (C=O) groups excluding carboxylic acids is 1. The number of nitrogens with zero attached hydrogens (tertiary/aromatic N) is 2. The Morgan fingerprint density at radius 3 is 2.58 bits per heavy atom. The molecule has 0 aliphatic carbocycles. The Morgan fingerprint density at radius 2 is 1.92 bits per heavy atom. The van der Waals surface area contributed by atoms with Gasteiger partial charge in [-0.25, -0.2) is 18.6 Å². The van der Waals surface area contributed by atoms with E-state index in [1.54, 1.807) is 19.3 Å². The lowest BCUT2D eigenvalue weighted by Crippen LogP contribution is -2.14. The lowest BCUT2D eigenvalue weighted by atomic mass is 10.0. The zero-order valence-electron chi connectivity index (χ0n) is 15.3. The summed E-state index contributed by atoms with van der Waals surface area (Å²) in [5.41, 5.74) is 2.83. The van der Waals surface area contributed by atoms with Crippen molar-refractivity contribution in [2.45, 2.75) is 27.4 Å². The first-order valence-corrected chi connectivity index (χ1v) is 8.28. The second-order valence-electron chi connectivity index (χ2n) is 6.08. The van der Waals surface area contributed by atoms with Crippen molar-refractivity contribution in [3.8, 4) is 0 Å². The summed E-state index contributed by atoms with van der Waals surface area (Å²) in [5.74, 6) is -1.97. The van der Waals surface area contributed by atoms with E-state index in [0.717, 1.165) is 29.9 Å². The zero-order chi connectivity index (χ0) is 19.3. The summed E-state index contributed by atoms with van der Waals surface area (Å²) >= 11 is 0. The van der Waals surface area contributed by atoms with Gasteiger partial charge >= 0.3 is 5.97 Å². The number of aryl methyl sites for hydroxylation is 2. The second-order valence-corrected chi connectivity index (χ2v) is 6.08. The molecule has 0 saturated carbocycles. The van der Waals surface area contributed by atoms with Gasteiger partial charge in [0.05, 0.1) is 17.6 Å². The summed E-state index contributed by atoms with van der Waals surface area (Å²) in [6.45, 7) is 6.25. The molecule has 0 aromatic heterocycles. The summed E-state index contributed by atoms with van der Waals surface area (Å²) in [6.07, 6.45) is 1.73. The minimum atomic E-state index is -0.740. The standard InChI is InChI=1S/C20H22F2N2O2/c1-5-24(4)12-23-19-9-13(2)17(8-14(19)3)20(25)26-11-15-6-7-16(21)10-18(15)22/h6-10,12H,5,11H2,1-4H3. The Morgan fingerprint density at radius 1 is 1.19 bits per heavy atom. The van der Waals surface area contributed by atoms with Crippen LogP contribution in [0.1, 0.15) is 34.0 Å². The van der Waals surface area contributed by atoms with Gasteiger partial charge in [-0.3, -0.25) is 0 Å². The van der Waals surface area contributed by atoms with Crippen LogP contribution >= 0.6 is 0 Å². The molecular weight excluding hydrogens is 338 g/mol. The normalized spacial score (nSPS) is 11.0. The van der Waals surface area contributed by atoms with Gasteiger partial charge in [0, 0.05) is 25.2 Å². The van der Waals surface area contributed by atoms with Gasteiger partial charge in [0.25, 0.3) is 0 Å². The van der Waals surface area contributed by atoms with Gasteiger partial charge in [-0.05, 0) is 56.2 Å². The van der Waals surface area contributed by atoms with Crippen LogP contribution in [0.2, 0.25) is 0 Å². The number of esters is 1. The van der Waals surface area contributed by atoms with Crippen LogP contribution in [0, 0.1) is 25.5 Å². The molecule has 0 N–H and O–H groups in total. The van der Waals surface area contributed by atoms with Crippen molar-refractivity contribution in [1.82, 2.24) is 4.90 Å². The van der Waals surface area contributed by atoms with Gasteiger partial charge in [0.2, 0.25) is 0 Å². The number of benzene rings is 2. The van der Waals surface area contributed by atoms with Crippen LogP contribution in [0.25, 0.3) is 0 Å². The Kier molecular flexibility index (Phi) is 6.44. The Hall–Kier alpha value is -2.76. The van der Waals surface area contributed by atoms with Crippen LogP contribution < -0.4 is 0 Å². The number of ether oxygens (including phenoxy) is 1. The maximum atomic E-state index is 13.6. The topological polar surface area (TPSA) is 41.9 Å². The zero-order valence-corrected chi connectivity index (χ0v) is 15.3. The molecule has 138 valence electrons. The van der Waals surface area contributed by atoms with Crippen molar-refractivity contribution in [3.05, 3.63) is 64.2 Å². The number of carbonyl (C=O) groups is 1. The smallest absolute Gasteiger partial charge is 0.338 e. The molecule has 6 heteroatoms. The minimum Gasteiger partial charge on any atom is -0.457 e. The summed E-state index contributed by atoms with van der Waals surface area (Å²) in [5, 5.41) is 0. The second kappa shape index (κ2) is 8.56. The number of rotatable bonds is 6. The molecule has 26 heavy (non-hydrogen) atoms. The van der Waals surface area contributed by atoms with Crippen LogP contribution in [0.4, 0.5) is 14.5 Å².